The first-order chi connectivity index (χ1) is 33.7. The Labute approximate surface area is 438 Å². The number of hydrogen-bond acceptors (Lipinski definition) is 12. The molecule has 6 rings (SSSR count). The third-order valence-corrected chi connectivity index (χ3v) is 16.0. The van der Waals surface area contributed by atoms with Crippen LogP contribution in [-0.2, 0) is 14.3 Å². The van der Waals surface area contributed by atoms with Gasteiger partial charge < -0.3 is 0 Å². The van der Waals surface area contributed by atoms with E-state index in [4.69, 9.17) is 4.18 Å². The molecular formula is C38H72F18N9O3P3S4. The maximum absolute atomic E-state index is 11.4. The van der Waals surface area contributed by atoms with Crippen molar-refractivity contribution < 1.29 is 102 Å². The molecule has 6 heterocycles. The van der Waals surface area contributed by atoms with Gasteiger partial charge in [-0.1, -0.05) is 51.9 Å². The zero-order chi connectivity index (χ0) is 56.8. The number of thioether (sulfide) groups is 3. The Bertz CT molecular complexity index is 1980. The first-order valence-electron chi connectivity index (χ1n) is 24.4. The molecule has 0 amide bonds. The fourth-order valence-corrected chi connectivity index (χ4v) is 12.3. The first kappa shape index (κ1) is 68.1. The number of guanidine groups is 3. The van der Waals surface area contributed by atoms with E-state index in [0.29, 0.717) is 30.2 Å². The van der Waals surface area contributed by atoms with Gasteiger partial charge in [-0.3, -0.25) is 49.8 Å². The Hall–Kier alpha value is -1.20. The summed E-state index contributed by atoms with van der Waals surface area (Å²) in [5.41, 5.74) is 0. The molecule has 75 heavy (non-hydrogen) atoms. The molecule has 0 bridgehead atoms. The minimum atomic E-state index is -10.7. The normalized spacial score (nSPS) is 26.9. The molecule has 0 aromatic heterocycles. The Morgan fingerprint density at radius 3 is 0.947 bits per heavy atom. The van der Waals surface area contributed by atoms with Gasteiger partial charge in [0.1, 0.15) is 6.04 Å². The Kier molecular flexibility index (Phi) is 22.6. The second-order valence-corrected chi connectivity index (χ2v) is 30.0. The predicted molar refractivity (Wildman–Crippen MR) is 270 cm³/mol. The average Bonchev–Trinajstić information content (AvgIpc) is 3.22. The summed E-state index contributed by atoms with van der Waals surface area (Å²) in [6.07, 6.45) is 19.2. The van der Waals surface area contributed by atoms with Gasteiger partial charge >= 0.3 is 117 Å². The molecule has 37 heteroatoms. The van der Waals surface area contributed by atoms with Gasteiger partial charge in [0.25, 0.3) is 10.1 Å². The summed E-state index contributed by atoms with van der Waals surface area (Å²) in [5, 5.41) is 22.7. The van der Waals surface area contributed by atoms with Crippen LogP contribution in [0.15, 0.2) is 0 Å². The van der Waals surface area contributed by atoms with Crippen LogP contribution in [0, 0.1) is 0 Å². The van der Waals surface area contributed by atoms with Gasteiger partial charge in [-0.25, -0.2) is 0 Å². The number of halogens is 18. The van der Waals surface area contributed by atoms with Crippen molar-refractivity contribution in [1.82, 2.24) is 31.9 Å². The van der Waals surface area contributed by atoms with Gasteiger partial charge in [0.05, 0.1) is 82.3 Å². The van der Waals surface area contributed by atoms with E-state index in [-0.39, 0.29) is 12.6 Å². The van der Waals surface area contributed by atoms with E-state index in [1.165, 1.54) is 114 Å². The summed E-state index contributed by atoms with van der Waals surface area (Å²) in [6.45, 7) is 9.06. The van der Waals surface area contributed by atoms with Crippen molar-refractivity contribution >= 4 is 86.7 Å². The molecule has 0 aromatic rings. The third kappa shape index (κ3) is 40.6. The quantitative estimate of drug-likeness (QED) is 0.0203. The molecule has 6 atom stereocenters. The molecule has 6 N–H and O–H groups in total. The van der Waals surface area contributed by atoms with Crippen molar-refractivity contribution in [3.8, 4) is 0 Å². The van der Waals surface area contributed by atoms with Crippen LogP contribution in [0.2, 0.25) is 0 Å². The minimum absolute atomic E-state index is 0.0143. The number of unbranched alkanes of at least 4 members (excludes halogenated alkanes) is 7. The molecule has 0 radical (unpaired) electrons. The van der Waals surface area contributed by atoms with Crippen molar-refractivity contribution in [3.05, 3.63) is 0 Å². The third-order valence-electron chi connectivity index (χ3n) is 11.7. The molecule has 6 aliphatic heterocycles. The Balaban J connectivity index is 0.000000592. The van der Waals surface area contributed by atoms with Crippen LogP contribution >= 0.6 is 58.7 Å². The number of hydrogen-bond donors (Lipinski definition) is 6. The monoisotopic (exact) mass is 1270 g/mol. The summed E-state index contributed by atoms with van der Waals surface area (Å²) in [7, 11) is -35.4. The van der Waals surface area contributed by atoms with E-state index in [1.807, 2.05) is 11.8 Å². The second-order valence-electron chi connectivity index (χ2n) is 19.3. The maximum atomic E-state index is 11.4. The topological polar surface area (TPSA) is 125 Å². The van der Waals surface area contributed by atoms with Crippen molar-refractivity contribution in [2.24, 2.45) is 0 Å². The van der Waals surface area contributed by atoms with Crippen LogP contribution in [0.4, 0.5) is 75.5 Å². The molecule has 12 nitrogen and oxygen atoms in total. The summed E-state index contributed by atoms with van der Waals surface area (Å²) in [6, 6.07) is 2.57. The standard InChI is InChI=1S/C38H69N9O3S4.3F6P/c1-3-4-5-6-7-8-9-10-23-51-25-31-12-18-46-20-14-33(42-37(46)40-31)27-53-29-35-16-22-47-21-15-34(43-38(47)44-35)28-52-26-32-13-19-45-17-11-30(39-36(45)41-32)24-50-54(2,48)49;3*1-7(2,3,4,5)6/h30-35H,3-29H2,1-2H3,(H3,39,40,41,42,43,44);;;/q;3*-1/p+3/t30-,31-,32-,33-,34-,35-;;;/m1.../s1. The summed E-state index contributed by atoms with van der Waals surface area (Å²) in [5.74, 6) is 10.6. The zero-order valence-corrected chi connectivity index (χ0v) is 47.3. The van der Waals surface area contributed by atoms with Crippen LogP contribution < -0.4 is 31.9 Å². The van der Waals surface area contributed by atoms with Crippen LogP contribution in [0.3, 0.4) is 0 Å². The molecule has 0 aliphatic carbocycles. The van der Waals surface area contributed by atoms with Crippen molar-refractivity contribution in [3.63, 3.8) is 0 Å². The van der Waals surface area contributed by atoms with Crippen molar-refractivity contribution in [2.45, 2.75) is 133 Å². The predicted octanol–water partition coefficient (Wildman–Crippen LogP) is 12.7. The first-order valence-corrected chi connectivity index (χ1v) is 35.7. The Morgan fingerprint density at radius 2 is 0.667 bits per heavy atom. The van der Waals surface area contributed by atoms with Crippen LogP contribution in [0.25, 0.3) is 0 Å². The number of nitrogens with zero attached hydrogens (tertiary/aromatic N) is 3. The van der Waals surface area contributed by atoms with Gasteiger partial charge in [0, 0.05) is 67.3 Å². The molecular weight excluding hydrogens is 1190 g/mol. The SMILES string of the molecule is CCCCCCCCCCSC[C@H]1CC[N+]2=C(N1)N[C@@H](CSC[C@H]1CC[N+]3=C(N[C@@H](CSC[C@H]4CC[N+]5=C(N[C@@H](COS(C)(=O)=O)CC5)N4)CC3)N1)CC2.F[P-](F)(F)(F)(F)F.F[P-](F)(F)(F)(F)F.F[P-](F)(F)(F)(F)F. The van der Waals surface area contributed by atoms with Gasteiger partial charge in [-0.2, -0.15) is 43.7 Å². The van der Waals surface area contributed by atoms with E-state index in [0.717, 1.165) is 74.2 Å². The van der Waals surface area contributed by atoms with E-state index in [1.54, 1.807) is 0 Å². The molecule has 0 fully saturated rings. The van der Waals surface area contributed by atoms with E-state index in [9.17, 15) is 84.0 Å². The zero-order valence-electron chi connectivity index (χ0n) is 41.4. The molecule has 0 aromatic carbocycles. The second kappa shape index (κ2) is 24.9. The summed E-state index contributed by atoms with van der Waals surface area (Å²) >= 11 is 6.30. The number of nitrogens with one attached hydrogen (secondary N) is 6. The van der Waals surface area contributed by atoms with Gasteiger partial charge in [-0.15, -0.1) is 0 Å². The molecule has 0 spiro atoms. The fourth-order valence-electron chi connectivity index (χ4n) is 8.37. The fraction of sp³-hybridized carbons (Fsp3) is 0.921. The summed E-state index contributed by atoms with van der Waals surface area (Å²) in [4.78, 5) is 0. The van der Waals surface area contributed by atoms with Gasteiger partial charge in [-0.05, 0) is 12.2 Å². The van der Waals surface area contributed by atoms with E-state index in [2.05, 4.69) is 76.1 Å². The number of rotatable bonds is 22. The molecule has 6 aliphatic rings. The average molecular weight is 1270 g/mol. The molecule has 0 saturated heterocycles. The molecule has 452 valence electrons. The van der Waals surface area contributed by atoms with Gasteiger partial charge in [0.2, 0.25) is 0 Å². The van der Waals surface area contributed by atoms with Crippen LogP contribution in [0.5, 0.6) is 0 Å². The van der Waals surface area contributed by atoms with Gasteiger partial charge in [0.15, 0.2) is 0 Å². The molecule has 0 saturated carbocycles. The van der Waals surface area contributed by atoms with Crippen LogP contribution in [-0.4, -0.2) is 163 Å². The van der Waals surface area contributed by atoms with Crippen LogP contribution in [0.1, 0.15) is 96.8 Å². The summed E-state index contributed by atoms with van der Waals surface area (Å²) < 4.78 is 213. The Morgan fingerprint density at radius 1 is 0.427 bits per heavy atom. The molecule has 0 unspecified atom stereocenters. The van der Waals surface area contributed by atoms with E-state index < -0.39 is 33.5 Å². The van der Waals surface area contributed by atoms with Crippen molar-refractivity contribution in [1.29, 1.82) is 0 Å². The van der Waals surface area contributed by atoms with Crippen molar-refractivity contribution in [2.75, 3.05) is 86.6 Å². The van der Waals surface area contributed by atoms with E-state index >= 15 is 0 Å².